The van der Waals surface area contributed by atoms with Gasteiger partial charge in [0.2, 0.25) is 0 Å². The number of nitrogens with one attached hydrogen (secondary N) is 1. The molecule has 1 unspecified atom stereocenters. The Morgan fingerprint density at radius 2 is 2.31 bits per heavy atom. The maximum Gasteiger partial charge on any atom is 0.0554 e. The van der Waals surface area contributed by atoms with Crippen LogP contribution >= 0.6 is 0 Å². The standard InChI is InChI=1S/C12H21N3O/c1-9(11-5-14-15(4)10(11)2)13-6-12(3)7-16-8-12/h5,9,13H,6-8H2,1-4H3. The molecular formula is C12H21N3O. The maximum atomic E-state index is 5.25. The lowest BCUT2D eigenvalue weighted by Gasteiger charge is -2.39. The van der Waals surface area contributed by atoms with Crippen molar-refractivity contribution in [3.8, 4) is 0 Å². The normalized spacial score (nSPS) is 20.5. The van der Waals surface area contributed by atoms with Crippen LogP contribution in [0.3, 0.4) is 0 Å². The lowest BCUT2D eigenvalue weighted by Crippen LogP contribution is -2.47. The fraction of sp³-hybridized carbons (Fsp3) is 0.750. The Kier molecular flexibility index (Phi) is 3.04. The zero-order valence-electron chi connectivity index (χ0n) is 10.6. The van der Waals surface area contributed by atoms with Gasteiger partial charge in [-0.25, -0.2) is 0 Å². The van der Waals surface area contributed by atoms with Crippen molar-refractivity contribution >= 4 is 0 Å². The highest BCUT2D eigenvalue weighted by Gasteiger charge is 2.33. The summed E-state index contributed by atoms with van der Waals surface area (Å²) in [7, 11) is 1.98. The van der Waals surface area contributed by atoms with Crippen LogP contribution in [-0.2, 0) is 11.8 Å². The Bertz CT molecular complexity index is 368. The molecule has 1 fully saturated rings. The van der Waals surface area contributed by atoms with Crippen molar-refractivity contribution in [3.05, 3.63) is 17.5 Å². The summed E-state index contributed by atoms with van der Waals surface area (Å²) < 4.78 is 7.17. The first kappa shape index (κ1) is 11.6. The van der Waals surface area contributed by atoms with E-state index in [9.17, 15) is 0 Å². The largest absolute Gasteiger partial charge is 0.380 e. The molecule has 0 aliphatic carbocycles. The predicted molar refractivity (Wildman–Crippen MR) is 63.3 cm³/mol. The van der Waals surface area contributed by atoms with E-state index in [2.05, 4.69) is 31.2 Å². The number of hydrogen-bond acceptors (Lipinski definition) is 3. The summed E-state index contributed by atoms with van der Waals surface area (Å²) in [6.07, 6.45) is 1.95. The summed E-state index contributed by atoms with van der Waals surface area (Å²) in [5.74, 6) is 0. The van der Waals surface area contributed by atoms with Crippen molar-refractivity contribution in [1.29, 1.82) is 0 Å². The third-order valence-electron chi connectivity index (χ3n) is 3.48. The summed E-state index contributed by atoms with van der Waals surface area (Å²) >= 11 is 0. The molecule has 2 heterocycles. The minimum absolute atomic E-state index is 0.324. The Hall–Kier alpha value is -0.870. The highest BCUT2D eigenvalue weighted by molar-refractivity contribution is 5.19. The second-order valence-electron chi connectivity index (χ2n) is 5.21. The number of nitrogens with zero attached hydrogens (tertiary/aromatic N) is 2. The maximum absolute atomic E-state index is 5.25. The second-order valence-corrected chi connectivity index (χ2v) is 5.21. The van der Waals surface area contributed by atoms with Gasteiger partial charge in [-0.15, -0.1) is 0 Å². The van der Waals surface area contributed by atoms with Crippen LogP contribution in [0, 0.1) is 12.3 Å². The number of ether oxygens (including phenoxy) is 1. The fourth-order valence-electron chi connectivity index (χ4n) is 2.00. The van der Waals surface area contributed by atoms with Crippen molar-refractivity contribution in [2.45, 2.75) is 26.8 Å². The molecule has 1 atom stereocenters. The number of hydrogen-bond donors (Lipinski definition) is 1. The molecule has 1 aromatic rings. The monoisotopic (exact) mass is 223 g/mol. The third kappa shape index (κ3) is 2.13. The van der Waals surface area contributed by atoms with Crippen LogP contribution in [0.5, 0.6) is 0 Å². The average Bonchev–Trinajstić information content (AvgIpc) is 2.54. The molecule has 0 bridgehead atoms. The van der Waals surface area contributed by atoms with Gasteiger partial charge in [0.25, 0.3) is 0 Å². The molecule has 16 heavy (non-hydrogen) atoms. The van der Waals surface area contributed by atoms with Crippen LogP contribution in [0.15, 0.2) is 6.20 Å². The van der Waals surface area contributed by atoms with E-state index >= 15 is 0 Å². The molecule has 4 heteroatoms. The van der Waals surface area contributed by atoms with E-state index in [1.165, 1.54) is 11.3 Å². The molecule has 0 amide bonds. The average molecular weight is 223 g/mol. The van der Waals surface area contributed by atoms with E-state index in [4.69, 9.17) is 4.74 Å². The van der Waals surface area contributed by atoms with Gasteiger partial charge in [0.1, 0.15) is 0 Å². The molecule has 4 nitrogen and oxygen atoms in total. The van der Waals surface area contributed by atoms with Crippen molar-refractivity contribution in [2.24, 2.45) is 12.5 Å². The van der Waals surface area contributed by atoms with Crippen LogP contribution in [0.2, 0.25) is 0 Å². The van der Waals surface area contributed by atoms with Crippen molar-refractivity contribution in [3.63, 3.8) is 0 Å². The molecule has 1 N–H and O–H groups in total. The fourth-order valence-corrected chi connectivity index (χ4v) is 2.00. The Morgan fingerprint density at radius 1 is 1.62 bits per heavy atom. The molecule has 90 valence electrons. The molecule has 1 aromatic heterocycles. The minimum Gasteiger partial charge on any atom is -0.380 e. The van der Waals surface area contributed by atoms with E-state index in [0.717, 1.165) is 19.8 Å². The number of aryl methyl sites for hydroxylation is 1. The molecular weight excluding hydrogens is 202 g/mol. The summed E-state index contributed by atoms with van der Waals surface area (Å²) in [6, 6.07) is 0.353. The predicted octanol–water partition coefficient (Wildman–Crippen LogP) is 1.42. The van der Waals surface area contributed by atoms with Crippen LogP contribution in [0.4, 0.5) is 0 Å². The Labute approximate surface area is 97.0 Å². The molecule has 0 radical (unpaired) electrons. The van der Waals surface area contributed by atoms with Gasteiger partial charge in [0.15, 0.2) is 0 Å². The summed E-state index contributed by atoms with van der Waals surface area (Å²) in [4.78, 5) is 0. The first-order chi connectivity index (χ1) is 7.52. The van der Waals surface area contributed by atoms with Gasteiger partial charge >= 0.3 is 0 Å². The zero-order chi connectivity index (χ0) is 11.8. The van der Waals surface area contributed by atoms with Gasteiger partial charge in [0.05, 0.1) is 19.4 Å². The highest BCUT2D eigenvalue weighted by Crippen LogP contribution is 2.26. The summed E-state index contributed by atoms with van der Waals surface area (Å²) in [5.41, 5.74) is 2.84. The lowest BCUT2D eigenvalue weighted by atomic mass is 9.88. The Morgan fingerprint density at radius 3 is 2.75 bits per heavy atom. The number of aromatic nitrogens is 2. The smallest absolute Gasteiger partial charge is 0.0554 e. The quantitative estimate of drug-likeness (QED) is 0.839. The molecule has 0 spiro atoms. The van der Waals surface area contributed by atoms with Crippen LogP contribution in [0.25, 0.3) is 0 Å². The van der Waals surface area contributed by atoms with E-state index < -0.39 is 0 Å². The van der Waals surface area contributed by atoms with Crippen molar-refractivity contribution in [1.82, 2.24) is 15.1 Å². The molecule has 2 rings (SSSR count). The van der Waals surface area contributed by atoms with Crippen LogP contribution in [0.1, 0.15) is 31.1 Å². The van der Waals surface area contributed by atoms with Crippen molar-refractivity contribution in [2.75, 3.05) is 19.8 Å². The molecule has 1 aliphatic rings. The van der Waals surface area contributed by atoms with Gasteiger partial charge in [0, 0.05) is 36.3 Å². The van der Waals surface area contributed by atoms with E-state index in [-0.39, 0.29) is 0 Å². The molecule has 0 saturated carbocycles. The number of rotatable bonds is 4. The van der Waals surface area contributed by atoms with Crippen LogP contribution < -0.4 is 5.32 Å². The molecule has 0 aromatic carbocycles. The lowest BCUT2D eigenvalue weighted by molar-refractivity contribution is -0.0999. The minimum atomic E-state index is 0.324. The SMILES string of the molecule is Cc1c(C(C)NCC2(C)COC2)cnn1C. The second kappa shape index (κ2) is 4.18. The first-order valence-corrected chi connectivity index (χ1v) is 5.81. The third-order valence-corrected chi connectivity index (χ3v) is 3.48. The van der Waals surface area contributed by atoms with Gasteiger partial charge in [-0.05, 0) is 13.8 Å². The van der Waals surface area contributed by atoms with Crippen LogP contribution in [-0.4, -0.2) is 29.5 Å². The zero-order valence-corrected chi connectivity index (χ0v) is 10.6. The van der Waals surface area contributed by atoms with Gasteiger partial charge in [-0.2, -0.15) is 5.10 Å². The summed E-state index contributed by atoms with van der Waals surface area (Å²) in [6.45, 7) is 9.30. The topological polar surface area (TPSA) is 39.1 Å². The van der Waals surface area contributed by atoms with Gasteiger partial charge < -0.3 is 10.1 Å². The van der Waals surface area contributed by atoms with E-state index in [1.54, 1.807) is 0 Å². The van der Waals surface area contributed by atoms with E-state index in [0.29, 0.717) is 11.5 Å². The Balaban J connectivity index is 1.92. The van der Waals surface area contributed by atoms with E-state index in [1.807, 2.05) is 17.9 Å². The van der Waals surface area contributed by atoms with Crippen molar-refractivity contribution < 1.29 is 4.74 Å². The first-order valence-electron chi connectivity index (χ1n) is 5.81. The highest BCUT2D eigenvalue weighted by atomic mass is 16.5. The van der Waals surface area contributed by atoms with Gasteiger partial charge in [-0.1, -0.05) is 6.92 Å². The molecule has 1 saturated heterocycles. The summed E-state index contributed by atoms with van der Waals surface area (Å²) in [5, 5.41) is 7.83. The molecule has 1 aliphatic heterocycles. The van der Waals surface area contributed by atoms with Gasteiger partial charge in [-0.3, -0.25) is 4.68 Å².